The number of nitrogens with one attached hydrogen (secondary N) is 1. The highest BCUT2D eigenvalue weighted by Crippen LogP contribution is 2.20. The predicted molar refractivity (Wildman–Crippen MR) is 93.3 cm³/mol. The fourth-order valence-corrected chi connectivity index (χ4v) is 2.40. The molecule has 0 spiro atoms. The molecule has 1 heterocycles. The SMILES string of the molecule is COc1ccc(C(=O)NC(C)c2nc(-c3cccc(C)c3)no2)cc1. The molecule has 0 aliphatic heterocycles. The quantitative estimate of drug-likeness (QED) is 0.770. The Balaban J connectivity index is 1.70. The van der Waals surface area contributed by atoms with Crippen molar-refractivity contribution in [2.24, 2.45) is 0 Å². The molecule has 1 N–H and O–H groups in total. The standard InChI is InChI=1S/C19H19N3O3/c1-12-5-4-6-15(11-12)17-21-19(25-22-17)13(2)20-18(23)14-7-9-16(24-3)10-8-14/h4-11,13H,1-3H3,(H,20,23). The maximum absolute atomic E-state index is 12.3. The van der Waals surface area contributed by atoms with E-state index in [2.05, 4.69) is 15.5 Å². The van der Waals surface area contributed by atoms with Crippen LogP contribution in [0.3, 0.4) is 0 Å². The first-order valence-corrected chi connectivity index (χ1v) is 7.92. The maximum Gasteiger partial charge on any atom is 0.251 e. The van der Waals surface area contributed by atoms with Gasteiger partial charge in [-0.3, -0.25) is 4.79 Å². The second-order valence-electron chi connectivity index (χ2n) is 5.75. The van der Waals surface area contributed by atoms with Gasteiger partial charge < -0.3 is 14.6 Å². The molecule has 128 valence electrons. The molecule has 2 aromatic carbocycles. The summed E-state index contributed by atoms with van der Waals surface area (Å²) >= 11 is 0. The number of benzene rings is 2. The van der Waals surface area contributed by atoms with Crippen LogP contribution in [0.25, 0.3) is 11.4 Å². The lowest BCUT2D eigenvalue weighted by molar-refractivity contribution is 0.0932. The van der Waals surface area contributed by atoms with Crippen molar-refractivity contribution in [3.63, 3.8) is 0 Å². The van der Waals surface area contributed by atoms with E-state index in [0.717, 1.165) is 11.1 Å². The van der Waals surface area contributed by atoms with Crippen LogP contribution in [-0.2, 0) is 0 Å². The third-order valence-electron chi connectivity index (χ3n) is 3.79. The van der Waals surface area contributed by atoms with Crippen LogP contribution in [0.4, 0.5) is 0 Å². The van der Waals surface area contributed by atoms with Crippen LogP contribution >= 0.6 is 0 Å². The van der Waals surface area contributed by atoms with Gasteiger partial charge in [0.05, 0.1) is 7.11 Å². The Morgan fingerprint density at radius 1 is 1.20 bits per heavy atom. The second-order valence-corrected chi connectivity index (χ2v) is 5.75. The van der Waals surface area contributed by atoms with Gasteiger partial charge in [-0.05, 0) is 44.2 Å². The van der Waals surface area contributed by atoms with E-state index in [9.17, 15) is 4.79 Å². The molecule has 25 heavy (non-hydrogen) atoms. The Kier molecular flexibility index (Phi) is 4.79. The van der Waals surface area contributed by atoms with Gasteiger partial charge in [-0.1, -0.05) is 28.9 Å². The van der Waals surface area contributed by atoms with Crippen molar-refractivity contribution >= 4 is 5.91 Å². The van der Waals surface area contributed by atoms with Crippen molar-refractivity contribution in [3.8, 4) is 17.1 Å². The Labute approximate surface area is 145 Å². The molecule has 0 bridgehead atoms. The summed E-state index contributed by atoms with van der Waals surface area (Å²) in [4.78, 5) is 16.7. The minimum atomic E-state index is -0.402. The van der Waals surface area contributed by atoms with Crippen LogP contribution in [0.5, 0.6) is 5.75 Å². The van der Waals surface area contributed by atoms with Gasteiger partial charge in [0.25, 0.3) is 5.91 Å². The van der Waals surface area contributed by atoms with E-state index in [1.807, 2.05) is 31.2 Å². The van der Waals surface area contributed by atoms with Crippen molar-refractivity contribution in [3.05, 3.63) is 65.5 Å². The van der Waals surface area contributed by atoms with Crippen LogP contribution in [0.15, 0.2) is 53.1 Å². The molecular weight excluding hydrogens is 318 g/mol. The summed E-state index contributed by atoms with van der Waals surface area (Å²) in [5.74, 6) is 1.34. The largest absolute Gasteiger partial charge is 0.497 e. The highest BCUT2D eigenvalue weighted by molar-refractivity contribution is 5.94. The minimum absolute atomic E-state index is 0.217. The van der Waals surface area contributed by atoms with Gasteiger partial charge in [-0.2, -0.15) is 4.98 Å². The van der Waals surface area contributed by atoms with Crippen molar-refractivity contribution in [2.75, 3.05) is 7.11 Å². The summed E-state index contributed by atoms with van der Waals surface area (Å²) in [6.07, 6.45) is 0. The molecule has 0 aliphatic rings. The zero-order valence-electron chi connectivity index (χ0n) is 14.3. The normalized spacial score (nSPS) is 11.8. The average Bonchev–Trinajstić information content (AvgIpc) is 3.12. The molecular formula is C19H19N3O3. The molecule has 3 rings (SSSR count). The smallest absolute Gasteiger partial charge is 0.251 e. The van der Waals surface area contributed by atoms with Gasteiger partial charge in [0.2, 0.25) is 11.7 Å². The van der Waals surface area contributed by atoms with Crippen LogP contribution < -0.4 is 10.1 Å². The fraction of sp³-hybridized carbons (Fsp3) is 0.211. The van der Waals surface area contributed by atoms with E-state index >= 15 is 0 Å². The number of nitrogens with zero attached hydrogens (tertiary/aromatic N) is 2. The van der Waals surface area contributed by atoms with Crippen molar-refractivity contribution in [2.45, 2.75) is 19.9 Å². The van der Waals surface area contributed by atoms with Crippen LogP contribution in [0.1, 0.15) is 34.8 Å². The minimum Gasteiger partial charge on any atom is -0.497 e. The summed E-state index contributed by atoms with van der Waals surface area (Å²) in [5.41, 5.74) is 2.53. The lowest BCUT2D eigenvalue weighted by Crippen LogP contribution is -2.26. The van der Waals surface area contributed by atoms with Crippen molar-refractivity contribution < 1.29 is 14.1 Å². The molecule has 1 unspecified atom stereocenters. The number of rotatable bonds is 5. The lowest BCUT2D eigenvalue weighted by atomic mass is 10.1. The van der Waals surface area contributed by atoms with E-state index in [4.69, 9.17) is 9.26 Å². The number of ether oxygens (including phenoxy) is 1. The second kappa shape index (κ2) is 7.17. The van der Waals surface area contributed by atoms with Gasteiger partial charge >= 0.3 is 0 Å². The maximum atomic E-state index is 12.3. The molecule has 1 atom stereocenters. The van der Waals surface area contributed by atoms with Gasteiger partial charge in [0.15, 0.2) is 0 Å². The van der Waals surface area contributed by atoms with E-state index in [1.165, 1.54) is 0 Å². The molecule has 1 amide bonds. The molecule has 0 saturated carbocycles. The topological polar surface area (TPSA) is 77.2 Å². The number of hydrogen-bond donors (Lipinski definition) is 1. The Morgan fingerprint density at radius 3 is 2.64 bits per heavy atom. The van der Waals surface area contributed by atoms with E-state index in [1.54, 1.807) is 38.3 Å². The van der Waals surface area contributed by atoms with Crippen LogP contribution in [-0.4, -0.2) is 23.2 Å². The third-order valence-corrected chi connectivity index (χ3v) is 3.79. The molecule has 3 aromatic rings. The van der Waals surface area contributed by atoms with E-state index in [-0.39, 0.29) is 5.91 Å². The summed E-state index contributed by atoms with van der Waals surface area (Å²) in [7, 11) is 1.58. The summed E-state index contributed by atoms with van der Waals surface area (Å²) in [5, 5.41) is 6.85. The Hall–Kier alpha value is -3.15. The number of carbonyl (C=O) groups excluding carboxylic acids is 1. The molecule has 0 saturated heterocycles. The van der Waals surface area contributed by atoms with Gasteiger partial charge in [-0.15, -0.1) is 0 Å². The molecule has 0 aliphatic carbocycles. The molecule has 6 nitrogen and oxygen atoms in total. The van der Waals surface area contributed by atoms with Gasteiger partial charge in [-0.25, -0.2) is 0 Å². The van der Waals surface area contributed by atoms with Crippen molar-refractivity contribution in [1.29, 1.82) is 0 Å². The number of carbonyl (C=O) groups is 1. The van der Waals surface area contributed by atoms with E-state index < -0.39 is 6.04 Å². The average molecular weight is 337 g/mol. The van der Waals surface area contributed by atoms with Gasteiger partial charge in [0, 0.05) is 11.1 Å². The van der Waals surface area contributed by atoms with Crippen LogP contribution in [0, 0.1) is 6.92 Å². The molecule has 6 heteroatoms. The monoisotopic (exact) mass is 337 g/mol. The Bertz CT molecular complexity index is 872. The molecule has 0 fully saturated rings. The summed E-state index contributed by atoms with van der Waals surface area (Å²) in [6, 6.07) is 14.3. The Morgan fingerprint density at radius 2 is 1.96 bits per heavy atom. The fourth-order valence-electron chi connectivity index (χ4n) is 2.40. The zero-order chi connectivity index (χ0) is 17.8. The predicted octanol–water partition coefficient (Wildman–Crippen LogP) is 3.54. The zero-order valence-corrected chi connectivity index (χ0v) is 14.3. The van der Waals surface area contributed by atoms with E-state index in [0.29, 0.717) is 23.0 Å². The first kappa shape index (κ1) is 16.7. The molecule has 0 radical (unpaired) electrons. The summed E-state index contributed by atoms with van der Waals surface area (Å²) in [6.45, 7) is 3.80. The lowest BCUT2D eigenvalue weighted by Gasteiger charge is -2.10. The van der Waals surface area contributed by atoms with Crippen LogP contribution in [0.2, 0.25) is 0 Å². The molecule has 1 aromatic heterocycles. The highest BCUT2D eigenvalue weighted by atomic mass is 16.5. The number of methoxy groups -OCH3 is 1. The first-order valence-electron chi connectivity index (χ1n) is 7.92. The highest BCUT2D eigenvalue weighted by Gasteiger charge is 2.18. The number of amides is 1. The first-order chi connectivity index (χ1) is 12.1. The summed E-state index contributed by atoms with van der Waals surface area (Å²) < 4.78 is 10.4. The number of aryl methyl sites for hydroxylation is 1. The third kappa shape index (κ3) is 3.85. The van der Waals surface area contributed by atoms with Crippen molar-refractivity contribution in [1.82, 2.24) is 15.5 Å². The number of hydrogen-bond acceptors (Lipinski definition) is 5. The van der Waals surface area contributed by atoms with Gasteiger partial charge in [0.1, 0.15) is 11.8 Å². The number of aromatic nitrogens is 2.